The van der Waals surface area contributed by atoms with Crippen molar-refractivity contribution < 1.29 is 17.6 Å². The van der Waals surface area contributed by atoms with E-state index in [-0.39, 0.29) is 10.8 Å². The van der Waals surface area contributed by atoms with E-state index in [2.05, 4.69) is 12.2 Å². The van der Waals surface area contributed by atoms with Crippen LogP contribution < -0.4 is 5.32 Å². The number of carbonyl (C=O) groups is 1. The number of nitrogens with one attached hydrogen (secondary N) is 1. The van der Waals surface area contributed by atoms with Crippen LogP contribution in [0.3, 0.4) is 0 Å². The molecular weight excluding hydrogens is 340 g/mol. The molecule has 1 aromatic carbocycles. The fourth-order valence-electron chi connectivity index (χ4n) is 2.90. The highest BCUT2D eigenvalue weighted by Crippen LogP contribution is 2.24. The number of carbonyl (C=O) groups excluding carboxylic acids is 1. The van der Waals surface area contributed by atoms with Crippen LogP contribution in [0.4, 0.5) is 5.69 Å². The molecule has 1 fully saturated rings. The van der Waals surface area contributed by atoms with Gasteiger partial charge in [-0.15, -0.1) is 0 Å². The lowest BCUT2D eigenvalue weighted by Gasteiger charge is -2.29. The predicted molar refractivity (Wildman–Crippen MR) is 95.0 cm³/mol. The highest BCUT2D eigenvalue weighted by atomic mass is 32.2. The van der Waals surface area contributed by atoms with Crippen LogP contribution in [0.15, 0.2) is 45.9 Å². The van der Waals surface area contributed by atoms with Crippen molar-refractivity contribution in [2.75, 3.05) is 18.4 Å². The molecule has 7 heteroatoms. The molecule has 3 rings (SSSR count). The van der Waals surface area contributed by atoms with Crippen LogP contribution in [-0.4, -0.2) is 31.7 Å². The smallest absolute Gasteiger partial charge is 0.259 e. The number of hydrogen-bond acceptors (Lipinski definition) is 4. The molecule has 134 valence electrons. The van der Waals surface area contributed by atoms with Crippen LogP contribution >= 0.6 is 0 Å². The highest BCUT2D eigenvalue weighted by molar-refractivity contribution is 7.89. The van der Waals surface area contributed by atoms with Crippen molar-refractivity contribution in [2.24, 2.45) is 5.92 Å². The molecule has 0 unspecified atom stereocenters. The summed E-state index contributed by atoms with van der Waals surface area (Å²) in [5, 5.41) is 2.74. The highest BCUT2D eigenvalue weighted by Gasteiger charge is 2.27. The summed E-state index contributed by atoms with van der Waals surface area (Å²) in [7, 11) is -3.47. The van der Waals surface area contributed by atoms with Gasteiger partial charge in [0.1, 0.15) is 5.76 Å². The van der Waals surface area contributed by atoms with E-state index in [4.69, 9.17) is 4.42 Å². The average molecular weight is 362 g/mol. The zero-order chi connectivity index (χ0) is 18.0. The van der Waals surface area contributed by atoms with Crippen LogP contribution in [-0.2, 0) is 10.0 Å². The van der Waals surface area contributed by atoms with Crippen LogP contribution in [0.1, 0.15) is 35.9 Å². The Labute approximate surface area is 147 Å². The number of rotatable bonds is 4. The van der Waals surface area contributed by atoms with E-state index in [0.717, 1.165) is 12.8 Å². The number of piperidine rings is 1. The van der Waals surface area contributed by atoms with Crippen molar-refractivity contribution in [3.63, 3.8) is 0 Å². The maximum Gasteiger partial charge on any atom is 0.259 e. The lowest BCUT2D eigenvalue weighted by Crippen LogP contribution is -2.37. The first-order chi connectivity index (χ1) is 11.9. The third-order valence-electron chi connectivity index (χ3n) is 4.60. The molecule has 0 aliphatic carbocycles. The summed E-state index contributed by atoms with van der Waals surface area (Å²) in [5.41, 5.74) is 0.996. The summed E-state index contributed by atoms with van der Waals surface area (Å²) in [5.74, 6) is 0.818. The summed E-state index contributed by atoms with van der Waals surface area (Å²) < 4.78 is 32.0. The molecule has 1 aliphatic rings. The van der Waals surface area contributed by atoms with E-state index in [0.29, 0.717) is 36.0 Å². The number of aryl methyl sites for hydroxylation is 1. The maximum atomic E-state index is 12.7. The number of amides is 1. The predicted octanol–water partition coefficient (Wildman–Crippen LogP) is 3.26. The third kappa shape index (κ3) is 3.77. The minimum absolute atomic E-state index is 0.250. The monoisotopic (exact) mass is 362 g/mol. The zero-order valence-corrected chi connectivity index (χ0v) is 15.2. The van der Waals surface area contributed by atoms with Gasteiger partial charge < -0.3 is 9.73 Å². The Morgan fingerprint density at radius 1 is 1.16 bits per heavy atom. The number of sulfonamides is 1. The lowest BCUT2D eigenvalue weighted by atomic mass is 10.0. The molecule has 2 heterocycles. The van der Waals surface area contributed by atoms with Gasteiger partial charge in [-0.2, -0.15) is 4.31 Å². The normalized spacial score (nSPS) is 16.7. The summed E-state index contributed by atoms with van der Waals surface area (Å²) >= 11 is 0. The van der Waals surface area contributed by atoms with E-state index < -0.39 is 10.0 Å². The van der Waals surface area contributed by atoms with Crippen LogP contribution in [0.5, 0.6) is 0 Å². The van der Waals surface area contributed by atoms with Gasteiger partial charge in [0.15, 0.2) is 0 Å². The molecule has 0 spiro atoms. The van der Waals surface area contributed by atoms with E-state index in [1.54, 1.807) is 25.1 Å². The summed E-state index contributed by atoms with van der Waals surface area (Å²) in [6.07, 6.45) is 3.23. The Morgan fingerprint density at radius 3 is 2.36 bits per heavy atom. The van der Waals surface area contributed by atoms with Crippen LogP contribution in [0.25, 0.3) is 0 Å². The van der Waals surface area contributed by atoms with Crippen molar-refractivity contribution in [2.45, 2.75) is 31.6 Å². The van der Waals surface area contributed by atoms with Gasteiger partial charge >= 0.3 is 0 Å². The first kappa shape index (κ1) is 17.7. The molecule has 2 aromatic rings. The minimum atomic E-state index is -3.47. The van der Waals surface area contributed by atoms with Crippen molar-refractivity contribution in [3.05, 3.63) is 47.9 Å². The average Bonchev–Trinajstić information content (AvgIpc) is 3.02. The molecule has 1 aliphatic heterocycles. The van der Waals surface area contributed by atoms with Crippen LogP contribution in [0.2, 0.25) is 0 Å². The molecule has 1 amide bonds. The first-order valence-corrected chi connectivity index (χ1v) is 9.77. The summed E-state index contributed by atoms with van der Waals surface area (Å²) in [6, 6.07) is 7.87. The Morgan fingerprint density at radius 2 is 1.80 bits per heavy atom. The van der Waals surface area contributed by atoms with Crippen molar-refractivity contribution in [1.82, 2.24) is 4.31 Å². The minimum Gasteiger partial charge on any atom is -0.469 e. The van der Waals surface area contributed by atoms with E-state index in [1.807, 2.05) is 0 Å². The molecule has 0 atom stereocenters. The lowest BCUT2D eigenvalue weighted by molar-refractivity contribution is 0.102. The topological polar surface area (TPSA) is 79.6 Å². The van der Waals surface area contributed by atoms with Crippen molar-refractivity contribution in [1.29, 1.82) is 0 Å². The fourth-order valence-corrected chi connectivity index (χ4v) is 4.37. The number of furan rings is 1. The van der Waals surface area contributed by atoms with Gasteiger partial charge in [0.25, 0.3) is 5.91 Å². The van der Waals surface area contributed by atoms with Gasteiger partial charge in [0.05, 0.1) is 16.7 Å². The molecule has 0 bridgehead atoms. The van der Waals surface area contributed by atoms with E-state index in [1.165, 1.54) is 22.7 Å². The maximum absolute atomic E-state index is 12.7. The number of hydrogen-bond donors (Lipinski definition) is 1. The Kier molecular flexibility index (Phi) is 4.96. The standard InChI is InChI=1S/C18H22N2O4S/c1-13-7-10-20(11-8-13)25(22,23)16-5-3-15(4-6-16)19-18(21)17-9-12-24-14(17)2/h3-6,9,12-13H,7-8,10-11H2,1-2H3,(H,19,21). The molecule has 1 saturated heterocycles. The second-order valence-corrected chi connectivity index (χ2v) is 8.39. The fraction of sp³-hybridized carbons (Fsp3) is 0.389. The van der Waals surface area contributed by atoms with Gasteiger partial charge in [-0.05, 0) is 56.0 Å². The molecule has 0 radical (unpaired) electrons. The second kappa shape index (κ2) is 7.01. The SMILES string of the molecule is Cc1occc1C(=O)Nc1ccc(S(=O)(=O)N2CCC(C)CC2)cc1. The molecule has 1 aromatic heterocycles. The Hall–Kier alpha value is -2.12. The van der Waals surface area contributed by atoms with Gasteiger partial charge in [0, 0.05) is 18.8 Å². The molecule has 25 heavy (non-hydrogen) atoms. The van der Waals surface area contributed by atoms with Gasteiger partial charge in [0.2, 0.25) is 10.0 Å². The third-order valence-corrected chi connectivity index (χ3v) is 6.51. The number of anilines is 1. The van der Waals surface area contributed by atoms with Crippen LogP contribution in [0, 0.1) is 12.8 Å². The number of benzene rings is 1. The zero-order valence-electron chi connectivity index (χ0n) is 14.4. The Balaban J connectivity index is 1.71. The second-order valence-electron chi connectivity index (χ2n) is 6.46. The Bertz CT molecular complexity index is 847. The number of nitrogens with zero attached hydrogens (tertiary/aromatic N) is 1. The van der Waals surface area contributed by atoms with Gasteiger partial charge in [-0.1, -0.05) is 6.92 Å². The largest absolute Gasteiger partial charge is 0.469 e. The molecule has 0 saturated carbocycles. The quantitative estimate of drug-likeness (QED) is 0.905. The molecule has 1 N–H and O–H groups in total. The summed E-state index contributed by atoms with van der Waals surface area (Å²) in [4.78, 5) is 12.4. The van der Waals surface area contributed by atoms with Gasteiger partial charge in [-0.25, -0.2) is 8.42 Å². The molecular formula is C18H22N2O4S. The van der Waals surface area contributed by atoms with Gasteiger partial charge in [-0.3, -0.25) is 4.79 Å². The summed E-state index contributed by atoms with van der Waals surface area (Å²) in [6.45, 7) is 4.97. The van der Waals surface area contributed by atoms with E-state index in [9.17, 15) is 13.2 Å². The van der Waals surface area contributed by atoms with E-state index >= 15 is 0 Å². The first-order valence-electron chi connectivity index (χ1n) is 8.33. The van der Waals surface area contributed by atoms with Crippen molar-refractivity contribution >= 4 is 21.6 Å². The molecule has 6 nitrogen and oxygen atoms in total. The van der Waals surface area contributed by atoms with Crippen molar-refractivity contribution in [3.8, 4) is 0 Å².